The van der Waals surface area contributed by atoms with Gasteiger partial charge in [-0.3, -0.25) is 9.58 Å². The number of aromatic nitrogens is 3. The van der Waals surface area contributed by atoms with Crippen molar-refractivity contribution in [2.24, 2.45) is 0 Å². The van der Waals surface area contributed by atoms with Gasteiger partial charge in [0, 0.05) is 24.5 Å². The van der Waals surface area contributed by atoms with Crippen molar-refractivity contribution in [3.63, 3.8) is 0 Å². The number of likely N-dealkylation sites (N-methyl/N-ethyl adjacent to an activating group) is 2. The van der Waals surface area contributed by atoms with Gasteiger partial charge >= 0.3 is 0 Å². The van der Waals surface area contributed by atoms with E-state index in [4.69, 9.17) is 0 Å². The fourth-order valence-electron chi connectivity index (χ4n) is 3.30. The third kappa shape index (κ3) is 4.04. The van der Waals surface area contributed by atoms with Crippen LogP contribution in [0.1, 0.15) is 53.3 Å². The molecule has 0 aliphatic rings. The monoisotopic (exact) mass is 295 g/mol. The first-order valence-electron chi connectivity index (χ1n) is 8.36. The van der Waals surface area contributed by atoms with Crippen molar-refractivity contribution in [2.45, 2.75) is 72.0 Å². The Labute approximate surface area is 130 Å². The summed E-state index contributed by atoms with van der Waals surface area (Å²) < 4.78 is 2.04. The highest BCUT2D eigenvalue weighted by Gasteiger charge is 2.36. The number of hydrogen-bond donors (Lipinski definition) is 1. The molecule has 1 aromatic rings. The topological polar surface area (TPSA) is 46.0 Å². The Kier molecular flexibility index (Phi) is 7.32. The fourth-order valence-corrected chi connectivity index (χ4v) is 3.30. The number of hydrogen-bond acceptors (Lipinski definition) is 4. The average molecular weight is 295 g/mol. The Morgan fingerprint density at radius 2 is 1.95 bits per heavy atom. The summed E-state index contributed by atoms with van der Waals surface area (Å²) in [4.78, 5) is 7.02. The van der Waals surface area contributed by atoms with Crippen LogP contribution in [-0.4, -0.2) is 51.4 Å². The van der Waals surface area contributed by atoms with Gasteiger partial charge in [-0.1, -0.05) is 27.7 Å². The summed E-state index contributed by atoms with van der Waals surface area (Å²) in [6.45, 7) is 14.4. The quantitative estimate of drug-likeness (QED) is 0.719. The summed E-state index contributed by atoms with van der Waals surface area (Å²) in [5, 5.41) is 7.88. The van der Waals surface area contributed by atoms with E-state index < -0.39 is 0 Å². The molecule has 0 aliphatic heterocycles. The molecule has 5 heteroatoms. The van der Waals surface area contributed by atoms with Crippen LogP contribution in [0, 0.1) is 0 Å². The molecule has 0 bridgehead atoms. The second kappa shape index (κ2) is 8.49. The molecule has 1 rings (SSSR count). The van der Waals surface area contributed by atoms with Crippen LogP contribution in [0.5, 0.6) is 0 Å². The molecular weight excluding hydrogens is 262 g/mol. The molecule has 1 N–H and O–H groups in total. The van der Waals surface area contributed by atoms with Crippen molar-refractivity contribution in [1.29, 1.82) is 0 Å². The lowest BCUT2D eigenvalue weighted by atomic mass is 9.85. The van der Waals surface area contributed by atoms with Gasteiger partial charge in [0.05, 0.1) is 0 Å². The van der Waals surface area contributed by atoms with Crippen LogP contribution in [0.25, 0.3) is 0 Å². The highest BCUT2D eigenvalue weighted by atomic mass is 15.3. The van der Waals surface area contributed by atoms with Crippen molar-refractivity contribution >= 4 is 0 Å². The van der Waals surface area contributed by atoms with Crippen LogP contribution in [0.2, 0.25) is 0 Å². The van der Waals surface area contributed by atoms with Gasteiger partial charge in [0.2, 0.25) is 0 Å². The number of nitrogens with one attached hydrogen (secondary N) is 1. The van der Waals surface area contributed by atoms with Crippen molar-refractivity contribution in [1.82, 2.24) is 25.0 Å². The molecule has 0 aromatic carbocycles. The minimum atomic E-state index is 0.126. The molecule has 0 saturated heterocycles. The van der Waals surface area contributed by atoms with E-state index in [1.807, 2.05) is 4.68 Å². The summed E-state index contributed by atoms with van der Waals surface area (Å²) >= 11 is 0. The van der Waals surface area contributed by atoms with Crippen LogP contribution in [-0.2, 0) is 13.0 Å². The molecule has 0 fully saturated rings. The standard InChI is InChI=1S/C16H33N5/c1-7-11-21-15(18-13-19-21)12-14(17-6)16(5,8-2)20(9-3)10-4/h13-14,17H,7-12H2,1-6H3. The Morgan fingerprint density at radius 1 is 1.29 bits per heavy atom. The first-order chi connectivity index (χ1) is 10.1. The van der Waals surface area contributed by atoms with Gasteiger partial charge in [0.25, 0.3) is 0 Å². The lowest BCUT2D eigenvalue weighted by Gasteiger charge is -2.45. The third-order valence-corrected chi connectivity index (χ3v) is 4.82. The predicted octanol–water partition coefficient (Wildman–Crippen LogP) is 2.33. The number of nitrogens with zero attached hydrogens (tertiary/aromatic N) is 4. The highest BCUT2D eigenvalue weighted by Crippen LogP contribution is 2.25. The Bertz CT molecular complexity index is 399. The lowest BCUT2D eigenvalue weighted by molar-refractivity contribution is 0.0718. The molecular formula is C16H33N5. The zero-order chi connectivity index (χ0) is 15.9. The molecule has 1 heterocycles. The Morgan fingerprint density at radius 3 is 2.43 bits per heavy atom. The van der Waals surface area contributed by atoms with E-state index in [9.17, 15) is 0 Å². The van der Waals surface area contributed by atoms with Crippen LogP contribution < -0.4 is 5.32 Å². The summed E-state index contributed by atoms with van der Waals surface area (Å²) in [5.74, 6) is 1.09. The van der Waals surface area contributed by atoms with Crippen molar-refractivity contribution in [2.75, 3.05) is 20.1 Å². The largest absolute Gasteiger partial charge is 0.315 e. The van der Waals surface area contributed by atoms with E-state index in [1.165, 1.54) is 0 Å². The van der Waals surface area contributed by atoms with Crippen LogP contribution in [0.3, 0.4) is 0 Å². The smallest absolute Gasteiger partial charge is 0.138 e. The average Bonchev–Trinajstić information content (AvgIpc) is 2.93. The summed E-state index contributed by atoms with van der Waals surface area (Å²) in [7, 11) is 2.06. The van der Waals surface area contributed by atoms with Gasteiger partial charge in [-0.15, -0.1) is 0 Å². The molecule has 0 saturated carbocycles. The third-order valence-electron chi connectivity index (χ3n) is 4.82. The zero-order valence-corrected chi connectivity index (χ0v) is 14.7. The van der Waals surface area contributed by atoms with Gasteiger partial charge in [-0.2, -0.15) is 5.10 Å². The maximum atomic E-state index is 4.47. The van der Waals surface area contributed by atoms with E-state index in [0.29, 0.717) is 6.04 Å². The maximum absolute atomic E-state index is 4.47. The van der Waals surface area contributed by atoms with Gasteiger partial charge < -0.3 is 5.32 Å². The lowest BCUT2D eigenvalue weighted by Crippen LogP contribution is -2.59. The number of aryl methyl sites for hydroxylation is 1. The van der Waals surface area contributed by atoms with E-state index in [-0.39, 0.29) is 5.54 Å². The molecule has 21 heavy (non-hydrogen) atoms. The summed E-state index contributed by atoms with van der Waals surface area (Å²) in [5.41, 5.74) is 0.126. The molecule has 0 spiro atoms. The molecule has 1 aromatic heterocycles. The Balaban J connectivity index is 2.96. The molecule has 2 atom stereocenters. The molecule has 0 aliphatic carbocycles. The van der Waals surface area contributed by atoms with Gasteiger partial charge in [-0.05, 0) is 39.9 Å². The minimum absolute atomic E-state index is 0.126. The molecule has 5 nitrogen and oxygen atoms in total. The van der Waals surface area contributed by atoms with Gasteiger partial charge in [-0.25, -0.2) is 4.98 Å². The maximum Gasteiger partial charge on any atom is 0.138 e. The SMILES string of the molecule is CCCn1ncnc1CC(NC)C(C)(CC)N(CC)CC. The van der Waals surface area contributed by atoms with Gasteiger partial charge in [0.15, 0.2) is 0 Å². The van der Waals surface area contributed by atoms with Crippen molar-refractivity contribution < 1.29 is 0 Å². The van der Waals surface area contributed by atoms with E-state index in [1.54, 1.807) is 6.33 Å². The molecule has 0 radical (unpaired) electrons. The minimum Gasteiger partial charge on any atom is -0.315 e. The normalized spacial score (nSPS) is 16.1. The van der Waals surface area contributed by atoms with Crippen LogP contribution in [0.15, 0.2) is 6.33 Å². The second-order valence-corrected chi connectivity index (χ2v) is 5.83. The van der Waals surface area contributed by atoms with Crippen LogP contribution in [0.4, 0.5) is 0 Å². The second-order valence-electron chi connectivity index (χ2n) is 5.83. The fraction of sp³-hybridized carbons (Fsp3) is 0.875. The first kappa shape index (κ1) is 18.1. The van der Waals surface area contributed by atoms with Crippen molar-refractivity contribution in [3.8, 4) is 0 Å². The molecule has 2 unspecified atom stereocenters. The Hall–Kier alpha value is -0.940. The molecule has 0 amide bonds. The van der Waals surface area contributed by atoms with Crippen LogP contribution >= 0.6 is 0 Å². The van der Waals surface area contributed by atoms with E-state index in [2.05, 4.69) is 62.0 Å². The number of rotatable bonds is 10. The summed E-state index contributed by atoms with van der Waals surface area (Å²) in [6.07, 6.45) is 4.79. The summed E-state index contributed by atoms with van der Waals surface area (Å²) in [6, 6.07) is 0.363. The van der Waals surface area contributed by atoms with Crippen molar-refractivity contribution in [3.05, 3.63) is 12.2 Å². The van der Waals surface area contributed by atoms with E-state index in [0.717, 1.165) is 44.7 Å². The zero-order valence-electron chi connectivity index (χ0n) is 14.7. The highest BCUT2D eigenvalue weighted by molar-refractivity contribution is 5.01. The van der Waals surface area contributed by atoms with E-state index >= 15 is 0 Å². The predicted molar refractivity (Wildman–Crippen MR) is 88.5 cm³/mol. The van der Waals surface area contributed by atoms with Gasteiger partial charge in [0.1, 0.15) is 12.2 Å². The molecule has 122 valence electrons. The first-order valence-corrected chi connectivity index (χ1v) is 8.36.